The standard InChI is InChI=1S/C11H17NO/c1-8-4-6-10(7-5-8)11(13)9(2)12-3/h4-7,9,11-13H,1-3H3/t9-,11-/m1/s1. The summed E-state index contributed by atoms with van der Waals surface area (Å²) >= 11 is 0. The normalized spacial score (nSPS) is 15.4. The summed E-state index contributed by atoms with van der Waals surface area (Å²) in [5.41, 5.74) is 2.18. The fraction of sp³-hybridized carbons (Fsp3) is 0.455. The van der Waals surface area contributed by atoms with Crippen LogP contribution in [0.2, 0.25) is 0 Å². The molecule has 72 valence electrons. The summed E-state index contributed by atoms with van der Waals surface area (Å²) in [5.74, 6) is 0. The minimum Gasteiger partial charge on any atom is -0.387 e. The first kappa shape index (κ1) is 10.2. The molecule has 1 rings (SSSR count). The van der Waals surface area contributed by atoms with Gasteiger partial charge in [-0.2, -0.15) is 0 Å². The molecule has 0 bridgehead atoms. The Labute approximate surface area is 79.6 Å². The van der Waals surface area contributed by atoms with Crippen LogP contribution >= 0.6 is 0 Å². The number of hydrogen-bond donors (Lipinski definition) is 2. The Balaban J connectivity index is 2.77. The van der Waals surface area contributed by atoms with E-state index in [4.69, 9.17) is 0 Å². The predicted molar refractivity (Wildman–Crippen MR) is 54.7 cm³/mol. The minimum atomic E-state index is -0.425. The topological polar surface area (TPSA) is 32.3 Å². The molecule has 0 unspecified atom stereocenters. The number of likely N-dealkylation sites (N-methyl/N-ethyl adjacent to an activating group) is 1. The highest BCUT2D eigenvalue weighted by Crippen LogP contribution is 2.16. The molecule has 0 fully saturated rings. The Morgan fingerprint density at radius 1 is 1.23 bits per heavy atom. The van der Waals surface area contributed by atoms with Crippen molar-refractivity contribution in [3.8, 4) is 0 Å². The van der Waals surface area contributed by atoms with Gasteiger partial charge >= 0.3 is 0 Å². The quantitative estimate of drug-likeness (QED) is 0.739. The van der Waals surface area contributed by atoms with E-state index in [1.54, 1.807) is 0 Å². The number of aliphatic hydroxyl groups excluding tert-OH is 1. The molecule has 0 amide bonds. The van der Waals surface area contributed by atoms with Gasteiger partial charge in [-0.1, -0.05) is 29.8 Å². The van der Waals surface area contributed by atoms with Crippen molar-refractivity contribution >= 4 is 0 Å². The van der Waals surface area contributed by atoms with Crippen molar-refractivity contribution in [2.75, 3.05) is 7.05 Å². The third-order valence-corrected chi connectivity index (χ3v) is 2.35. The Bertz CT molecular complexity index is 255. The zero-order valence-corrected chi connectivity index (χ0v) is 8.41. The van der Waals surface area contributed by atoms with Gasteiger partial charge in [-0.05, 0) is 26.5 Å². The van der Waals surface area contributed by atoms with Gasteiger partial charge in [-0.3, -0.25) is 0 Å². The van der Waals surface area contributed by atoms with Crippen LogP contribution in [0.3, 0.4) is 0 Å². The highest BCUT2D eigenvalue weighted by molar-refractivity contribution is 5.23. The molecule has 2 nitrogen and oxygen atoms in total. The van der Waals surface area contributed by atoms with E-state index in [1.165, 1.54) is 5.56 Å². The largest absolute Gasteiger partial charge is 0.387 e. The molecule has 0 radical (unpaired) electrons. The van der Waals surface area contributed by atoms with E-state index in [2.05, 4.69) is 5.32 Å². The summed E-state index contributed by atoms with van der Waals surface area (Å²) in [5, 5.41) is 12.8. The molecule has 0 aliphatic heterocycles. The fourth-order valence-corrected chi connectivity index (χ4v) is 1.21. The SMILES string of the molecule is CN[C@H](C)[C@@H](O)c1ccc(C)cc1. The number of nitrogens with one attached hydrogen (secondary N) is 1. The van der Waals surface area contributed by atoms with Gasteiger partial charge in [0, 0.05) is 6.04 Å². The lowest BCUT2D eigenvalue weighted by Crippen LogP contribution is -2.28. The van der Waals surface area contributed by atoms with Gasteiger partial charge in [0.2, 0.25) is 0 Å². The Kier molecular flexibility index (Phi) is 3.46. The van der Waals surface area contributed by atoms with Gasteiger partial charge in [-0.25, -0.2) is 0 Å². The van der Waals surface area contributed by atoms with E-state index in [1.807, 2.05) is 45.2 Å². The van der Waals surface area contributed by atoms with E-state index in [0.29, 0.717) is 0 Å². The Morgan fingerprint density at radius 3 is 2.23 bits per heavy atom. The Hall–Kier alpha value is -0.860. The van der Waals surface area contributed by atoms with Crippen LogP contribution in [-0.2, 0) is 0 Å². The van der Waals surface area contributed by atoms with Crippen LogP contribution in [0, 0.1) is 6.92 Å². The number of aliphatic hydroxyl groups is 1. The molecule has 2 heteroatoms. The van der Waals surface area contributed by atoms with E-state index in [-0.39, 0.29) is 6.04 Å². The molecule has 0 saturated carbocycles. The van der Waals surface area contributed by atoms with Crippen LogP contribution < -0.4 is 5.32 Å². The maximum absolute atomic E-state index is 9.82. The number of benzene rings is 1. The van der Waals surface area contributed by atoms with Crippen LogP contribution in [0.15, 0.2) is 24.3 Å². The summed E-state index contributed by atoms with van der Waals surface area (Å²) in [6, 6.07) is 8.05. The molecule has 0 saturated heterocycles. The third-order valence-electron chi connectivity index (χ3n) is 2.35. The molecular weight excluding hydrogens is 162 g/mol. The maximum Gasteiger partial charge on any atom is 0.0940 e. The molecule has 1 aromatic rings. The van der Waals surface area contributed by atoms with Gasteiger partial charge in [-0.15, -0.1) is 0 Å². The second-order valence-electron chi connectivity index (χ2n) is 3.43. The zero-order chi connectivity index (χ0) is 9.84. The molecule has 0 aliphatic rings. The van der Waals surface area contributed by atoms with Gasteiger partial charge in [0.1, 0.15) is 0 Å². The summed E-state index contributed by atoms with van der Waals surface area (Å²) < 4.78 is 0. The molecule has 1 aromatic carbocycles. The molecule has 0 heterocycles. The molecule has 2 atom stereocenters. The molecular formula is C11H17NO. The van der Waals surface area contributed by atoms with Crippen LogP contribution in [0.5, 0.6) is 0 Å². The van der Waals surface area contributed by atoms with E-state index < -0.39 is 6.10 Å². The maximum atomic E-state index is 9.82. The first-order chi connectivity index (χ1) is 6.15. The molecule has 2 N–H and O–H groups in total. The van der Waals surface area contributed by atoms with E-state index >= 15 is 0 Å². The fourth-order valence-electron chi connectivity index (χ4n) is 1.21. The van der Waals surface area contributed by atoms with E-state index in [9.17, 15) is 5.11 Å². The highest BCUT2D eigenvalue weighted by Gasteiger charge is 2.13. The minimum absolute atomic E-state index is 0.0858. The molecule has 0 aromatic heterocycles. The monoisotopic (exact) mass is 179 g/mol. The van der Waals surface area contributed by atoms with Crippen molar-refractivity contribution in [2.24, 2.45) is 0 Å². The Morgan fingerprint density at radius 2 is 1.77 bits per heavy atom. The average molecular weight is 179 g/mol. The second-order valence-corrected chi connectivity index (χ2v) is 3.43. The average Bonchev–Trinajstić information content (AvgIpc) is 2.17. The number of aryl methyl sites for hydroxylation is 1. The number of hydrogen-bond acceptors (Lipinski definition) is 2. The van der Waals surface area contributed by atoms with Crippen molar-refractivity contribution in [1.82, 2.24) is 5.32 Å². The zero-order valence-electron chi connectivity index (χ0n) is 8.41. The van der Waals surface area contributed by atoms with E-state index in [0.717, 1.165) is 5.56 Å². The molecule has 0 spiro atoms. The lowest BCUT2D eigenvalue weighted by atomic mass is 10.0. The van der Waals surface area contributed by atoms with Crippen molar-refractivity contribution < 1.29 is 5.11 Å². The summed E-state index contributed by atoms with van der Waals surface area (Å²) in [6.07, 6.45) is -0.425. The van der Waals surface area contributed by atoms with Gasteiger partial charge in [0.25, 0.3) is 0 Å². The first-order valence-corrected chi connectivity index (χ1v) is 4.57. The van der Waals surface area contributed by atoms with Crippen LogP contribution in [0.4, 0.5) is 0 Å². The van der Waals surface area contributed by atoms with Gasteiger partial charge in [0.05, 0.1) is 6.10 Å². The molecule has 13 heavy (non-hydrogen) atoms. The van der Waals surface area contributed by atoms with Crippen LogP contribution in [0.25, 0.3) is 0 Å². The third kappa shape index (κ3) is 2.54. The summed E-state index contributed by atoms with van der Waals surface area (Å²) in [7, 11) is 1.85. The van der Waals surface area contributed by atoms with Gasteiger partial charge in [0.15, 0.2) is 0 Å². The summed E-state index contributed by atoms with van der Waals surface area (Å²) in [6.45, 7) is 4.00. The second kappa shape index (κ2) is 4.40. The smallest absolute Gasteiger partial charge is 0.0940 e. The predicted octanol–water partition coefficient (Wildman–Crippen LogP) is 1.64. The van der Waals surface area contributed by atoms with Gasteiger partial charge < -0.3 is 10.4 Å². The highest BCUT2D eigenvalue weighted by atomic mass is 16.3. The lowest BCUT2D eigenvalue weighted by Gasteiger charge is -2.18. The number of rotatable bonds is 3. The van der Waals surface area contributed by atoms with Crippen LogP contribution in [0.1, 0.15) is 24.2 Å². The van der Waals surface area contributed by atoms with Crippen molar-refractivity contribution in [3.05, 3.63) is 35.4 Å². The van der Waals surface area contributed by atoms with Crippen molar-refractivity contribution in [3.63, 3.8) is 0 Å². The first-order valence-electron chi connectivity index (χ1n) is 4.57. The van der Waals surface area contributed by atoms with Crippen molar-refractivity contribution in [1.29, 1.82) is 0 Å². The summed E-state index contributed by atoms with van der Waals surface area (Å²) in [4.78, 5) is 0. The molecule has 0 aliphatic carbocycles. The lowest BCUT2D eigenvalue weighted by molar-refractivity contribution is 0.140. The van der Waals surface area contributed by atoms with Crippen molar-refractivity contribution in [2.45, 2.75) is 26.0 Å². The van der Waals surface area contributed by atoms with Crippen LogP contribution in [-0.4, -0.2) is 18.2 Å².